The lowest BCUT2D eigenvalue weighted by molar-refractivity contribution is -0.100. The number of hydrogen-bond donors (Lipinski definition) is 1. The second kappa shape index (κ2) is 5.09. The number of methoxy groups -OCH3 is 1. The van der Waals surface area contributed by atoms with Crippen LogP contribution < -0.4 is 5.32 Å². The molecule has 0 radical (unpaired) electrons. The molecular formula is C14H23NOS. The van der Waals surface area contributed by atoms with Crippen LogP contribution in [0.5, 0.6) is 0 Å². The molecule has 1 aromatic rings. The van der Waals surface area contributed by atoms with Crippen LogP contribution in [0.2, 0.25) is 0 Å². The Hall–Kier alpha value is -0.380. The summed E-state index contributed by atoms with van der Waals surface area (Å²) in [5, 5.41) is 5.95. The molecular weight excluding hydrogens is 230 g/mol. The number of rotatable bonds is 5. The summed E-state index contributed by atoms with van der Waals surface area (Å²) in [5.74, 6) is 0. The first kappa shape index (κ1) is 13.1. The van der Waals surface area contributed by atoms with Crippen molar-refractivity contribution < 1.29 is 4.74 Å². The zero-order valence-corrected chi connectivity index (χ0v) is 12.0. The quantitative estimate of drug-likeness (QED) is 0.865. The Bertz CT molecular complexity index is 347. The van der Waals surface area contributed by atoms with Crippen molar-refractivity contribution in [3.05, 3.63) is 22.4 Å². The Labute approximate surface area is 108 Å². The van der Waals surface area contributed by atoms with Gasteiger partial charge in [0.15, 0.2) is 0 Å². The van der Waals surface area contributed by atoms with Gasteiger partial charge in [-0.1, -0.05) is 26.8 Å². The molecule has 2 rings (SSSR count). The van der Waals surface area contributed by atoms with E-state index in [2.05, 4.69) is 43.6 Å². The molecule has 0 aliphatic heterocycles. The highest BCUT2D eigenvalue weighted by molar-refractivity contribution is 7.10. The van der Waals surface area contributed by atoms with Crippen LogP contribution in [-0.2, 0) is 4.74 Å². The second-order valence-corrected chi connectivity index (χ2v) is 6.46. The van der Waals surface area contributed by atoms with E-state index in [-0.39, 0.29) is 5.41 Å². The van der Waals surface area contributed by atoms with E-state index in [9.17, 15) is 0 Å². The highest BCUT2D eigenvalue weighted by Gasteiger charge is 2.48. The normalized spacial score (nSPS) is 28.7. The summed E-state index contributed by atoms with van der Waals surface area (Å²) in [7, 11) is 1.82. The molecule has 3 atom stereocenters. The first-order valence-corrected chi connectivity index (χ1v) is 7.29. The van der Waals surface area contributed by atoms with Crippen LogP contribution in [0.1, 0.15) is 44.5 Å². The van der Waals surface area contributed by atoms with Crippen molar-refractivity contribution in [1.82, 2.24) is 5.32 Å². The minimum atomic E-state index is 0.249. The maximum Gasteiger partial charge on any atom is 0.0652 e. The summed E-state index contributed by atoms with van der Waals surface area (Å²) >= 11 is 1.85. The SMILES string of the molecule is CCC(NC1CC(OC)C1(C)C)c1cccs1. The topological polar surface area (TPSA) is 21.3 Å². The molecule has 2 nitrogen and oxygen atoms in total. The fourth-order valence-electron chi connectivity index (χ4n) is 2.70. The van der Waals surface area contributed by atoms with Gasteiger partial charge in [-0.3, -0.25) is 0 Å². The summed E-state index contributed by atoms with van der Waals surface area (Å²) in [6.07, 6.45) is 2.68. The van der Waals surface area contributed by atoms with Gasteiger partial charge in [-0.05, 0) is 24.3 Å². The van der Waals surface area contributed by atoms with Crippen LogP contribution in [0.3, 0.4) is 0 Å². The van der Waals surface area contributed by atoms with Crippen LogP contribution in [-0.4, -0.2) is 19.3 Å². The average molecular weight is 253 g/mol. The Morgan fingerprint density at radius 3 is 2.82 bits per heavy atom. The highest BCUT2D eigenvalue weighted by atomic mass is 32.1. The first-order chi connectivity index (χ1) is 8.09. The van der Waals surface area contributed by atoms with Gasteiger partial charge >= 0.3 is 0 Å². The van der Waals surface area contributed by atoms with Gasteiger partial charge in [0, 0.05) is 29.5 Å². The minimum Gasteiger partial charge on any atom is -0.381 e. The molecule has 1 aromatic heterocycles. The summed E-state index contributed by atoms with van der Waals surface area (Å²) in [5.41, 5.74) is 0.249. The van der Waals surface area contributed by atoms with Gasteiger partial charge in [0.2, 0.25) is 0 Å². The van der Waals surface area contributed by atoms with Crippen LogP contribution in [0.15, 0.2) is 17.5 Å². The number of thiophene rings is 1. The van der Waals surface area contributed by atoms with Gasteiger partial charge < -0.3 is 10.1 Å². The van der Waals surface area contributed by atoms with Crippen LogP contribution in [0, 0.1) is 5.41 Å². The predicted octanol–water partition coefficient (Wildman–Crippen LogP) is 3.60. The van der Waals surface area contributed by atoms with Gasteiger partial charge in [0.1, 0.15) is 0 Å². The highest BCUT2D eigenvalue weighted by Crippen LogP contribution is 2.43. The molecule has 1 heterocycles. The molecule has 0 amide bonds. The van der Waals surface area contributed by atoms with Crippen LogP contribution in [0.25, 0.3) is 0 Å². The van der Waals surface area contributed by atoms with Crippen LogP contribution in [0.4, 0.5) is 0 Å². The van der Waals surface area contributed by atoms with Crippen molar-refractivity contribution in [1.29, 1.82) is 0 Å². The molecule has 0 bridgehead atoms. The van der Waals surface area contributed by atoms with Crippen molar-refractivity contribution in [2.75, 3.05) is 7.11 Å². The Balaban J connectivity index is 1.97. The van der Waals surface area contributed by atoms with E-state index in [1.165, 1.54) is 4.88 Å². The largest absolute Gasteiger partial charge is 0.381 e. The monoisotopic (exact) mass is 253 g/mol. The van der Waals surface area contributed by atoms with Crippen molar-refractivity contribution in [2.45, 2.75) is 51.8 Å². The summed E-state index contributed by atoms with van der Waals surface area (Å²) < 4.78 is 5.50. The van der Waals surface area contributed by atoms with E-state index in [0.29, 0.717) is 18.2 Å². The Morgan fingerprint density at radius 2 is 2.35 bits per heavy atom. The van der Waals surface area contributed by atoms with Crippen molar-refractivity contribution in [3.63, 3.8) is 0 Å². The van der Waals surface area contributed by atoms with Gasteiger partial charge in [-0.25, -0.2) is 0 Å². The van der Waals surface area contributed by atoms with Crippen molar-refractivity contribution in [2.24, 2.45) is 5.41 Å². The molecule has 1 aliphatic rings. The minimum absolute atomic E-state index is 0.249. The van der Waals surface area contributed by atoms with E-state index >= 15 is 0 Å². The molecule has 0 spiro atoms. The standard InChI is InChI=1S/C14H23NOS/c1-5-10(11-7-6-8-17-11)15-12-9-13(16-4)14(12,2)3/h6-8,10,12-13,15H,5,9H2,1-4H3. The third-order valence-corrected chi connectivity index (χ3v) is 5.15. The van der Waals surface area contributed by atoms with E-state index < -0.39 is 0 Å². The van der Waals surface area contributed by atoms with Crippen LogP contribution >= 0.6 is 11.3 Å². The maximum absolute atomic E-state index is 5.50. The fraction of sp³-hybridized carbons (Fsp3) is 0.714. The van der Waals surface area contributed by atoms with E-state index in [1.807, 2.05) is 18.4 Å². The maximum atomic E-state index is 5.50. The molecule has 1 N–H and O–H groups in total. The van der Waals surface area contributed by atoms with Crippen molar-refractivity contribution in [3.8, 4) is 0 Å². The summed E-state index contributed by atoms with van der Waals surface area (Å²) in [6.45, 7) is 6.84. The first-order valence-electron chi connectivity index (χ1n) is 6.41. The molecule has 1 aliphatic carbocycles. The van der Waals surface area contributed by atoms with Gasteiger partial charge in [-0.15, -0.1) is 11.3 Å². The zero-order valence-electron chi connectivity index (χ0n) is 11.2. The van der Waals surface area contributed by atoms with E-state index in [4.69, 9.17) is 4.74 Å². The lowest BCUT2D eigenvalue weighted by Gasteiger charge is -2.52. The molecule has 3 heteroatoms. The molecule has 1 saturated carbocycles. The lowest BCUT2D eigenvalue weighted by Crippen LogP contribution is -2.61. The Morgan fingerprint density at radius 1 is 1.59 bits per heavy atom. The zero-order chi connectivity index (χ0) is 12.5. The molecule has 0 saturated heterocycles. The molecule has 17 heavy (non-hydrogen) atoms. The smallest absolute Gasteiger partial charge is 0.0652 e. The lowest BCUT2D eigenvalue weighted by atomic mass is 9.64. The fourth-order valence-corrected chi connectivity index (χ4v) is 3.57. The molecule has 96 valence electrons. The van der Waals surface area contributed by atoms with E-state index in [1.54, 1.807) is 0 Å². The average Bonchev–Trinajstić information content (AvgIpc) is 2.82. The summed E-state index contributed by atoms with van der Waals surface area (Å²) in [4.78, 5) is 1.45. The molecule has 3 unspecified atom stereocenters. The number of ether oxygens (including phenoxy) is 1. The third kappa shape index (κ3) is 2.42. The van der Waals surface area contributed by atoms with Gasteiger partial charge in [-0.2, -0.15) is 0 Å². The third-order valence-electron chi connectivity index (χ3n) is 4.16. The summed E-state index contributed by atoms with van der Waals surface area (Å²) in [6, 6.07) is 5.43. The molecule has 1 fully saturated rings. The Kier molecular flexibility index (Phi) is 3.91. The van der Waals surface area contributed by atoms with Gasteiger partial charge in [0.25, 0.3) is 0 Å². The second-order valence-electron chi connectivity index (χ2n) is 5.48. The predicted molar refractivity (Wildman–Crippen MR) is 73.5 cm³/mol. The number of nitrogens with one attached hydrogen (secondary N) is 1. The molecule has 0 aromatic carbocycles. The number of hydrogen-bond acceptors (Lipinski definition) is 3. The van der Waals surface area contributed by atoms with Crippen molar-refractivity contribution >= 4 is 11.3 Å². The van der Waals surface area contributed by atoms with E-state index in [0.717, 1.165) is 12.8 Å². The van der Waals surface area contributed by atoms with Gasteiger partial charge in [0.05, 0.1) is 6.10 Å².